The van der Waals surface area contributed by atoms with E-state index in [0.29, 0.717) is 23.5 Å². The number of alkyl halides is 3. The Bertz CT molecular complexity index is 753. The van der Waals surface area contributed by atoms with E-state index in [0.717, 1.165) is 0 Å². The van der Waals surface area contributed by atoms with Crippen LogP contribution in [0.3, 0.4) is 0 Å². The van der Waals surface area contributed by atoms with E-state index in [1.165, 1.54) is 11.0 Å². The molecule has 1 aromatic carbocycles. The Kier molecular flexibility index (Phi) is 5.53. The Morgan fingerprint density at radius 2 is 1.82 bits per heavy atom. The first kappa shape index (κ1) is 21.5. The van der Waals surface area contributed by atoms with Gasteiger partial charge in [0.25, 0.3) is 5.91 Å². The molecule has 1 amide bonds. The maximum Gasteiger partial charge on any atom is 0.496 e. The number of benzene rings is 1. The predicted octanol–water partition coefficient (Wildman–Crippen LogP) is 4.05. The Morgan fingerprint density at radius 3 is 2.39 bits per heavy atom. The van der Waals surface area contributed by atoms with Crippen molar-refractivity contribution in [1.82, 2.24) is 4.90 Å². The monoisotopic (exact) mass is 417 g/mol. The zero-order valence-corrected chi connectivity index (χ0v) is 17.2. The summed E-state index contributed by atoms with van der Waals surface area (Å²) in [4.78, 5) is 14.1. The van der Waals surface area contributed by atoms with E-state index in [9.17, 15) is 18.0 Å². The van der Waals surface area contributed by atoms with Crippen molar-refractivity contribution >= 4 is 30.1 Å². The van der Waals surface area contributed by atoms with E-state index in [4.69, 9.17) is 20.9 Å². The second-order valence-corrected chi connectivity index (χ2v) is 8.86. The first-order valence-electron chi connectivity index (χ1n) is 9.33. The Labute approximate surface area is 168 Å². The van der Waals surface area contributed by atoms with Gasteiger partial charge in [-0.05, 0) is 58.7 Å². The third-order valence-electron chi connectivity index (χ3n) is 5.92. The molecule has 0 N–H and O–H groups in total. The number of hydrogen-bond acceptors (Lipinski definition) is 3. The van der Waals surface area contributed by atoms with Gasteiger partial charge in [-0.15, -0.1) is 0 Å². The number of rotatable bonds is 2. The molecule has 4 nitrogen and oxygen atoms in total. The lowest BCUT2D eigenvalue weighted by molar-refractivity contribution is -0.184. The van der Waals surface area contributed by atoms with Crippen molar-refractivity contribution in [2.45, 2.75) is 57.9 Å². The molecule has 1 unspecified atom stereocenters. The van der Waals surface area contributed by atoms with Crippen molar-refractivity contribution in [3.63, 3.8) is 0 Å². The van der Waals surface area contributed by atoms with E-state index < -0.39 is 36.3 Å². The molecule has 3 rings (SSSR count). The van der Waals surface area contributed by atoms with E-state index in [2.05, 4.69) is 0 Å². The summed E-state index contributed by atoms with van der Waals surface area (Å²) in [6, 6.07) is 4.64. The minimum absolute atomic E-state index is 0.0487. The van der Waals surface area contributed by atoms with Gasteiger partial charge < -0.3 is 14.2 Å². The summed E-state index contributed by atoms with van der Waals surface area (Å²) in [7, 11) is -0.755. The van der Waals surface area contributed by atoms with Crippen LogP contribution in [0.25, 0.3) is 0 Å². The van der Waals surface area contributed by atoms with Crippen LogP contribution in [0.2, 0.25) is 5.02 Å². The molecular weight excluding hydrogens is 393 g/mol. The van der Waals surface area contributed by atoms with Gasteiger partial charge in [0.15, 0.2) is 0 Å². The highest BCUT2D eigenvalue weighted by Crippen LogP contribution is 2.37. The van der Waals surface area contributed by atoms with Crippen molar-refractivity contribution < 1.29 is 27.3 Å². The van der Waals surface area contributed by atoms with Crippen LogP contribution < -0.4 is 5.46 Å². The van der Waals surface area contributed by atoms with Crippen LogP contribution in [0.1, 0.15) is 50.9 Å². The average Bonchev–Trinajstić information content (AvgIpc) is 2.81. The van der Waals surface area contributed by atoms with Crippen LogP contribution in [-0.4, -0.2) is 48.4 Å². The molecule has 0 aliphatic carbocycles. The lowest BCUT2D eigenvalue weighted by atomic mass is 9.78. The van der Waals surface area contributed by atoms with Crippen LogP contribution in [0.15, 0.2) is 18.2 Å². The molecule has 2 saturated heterocycles. The lowest BCUT2D eigenvalue weighted by Gasteiger charge is -2.33. The van der Waals surface area contributed by atoms with E-state index in [1.54, 1.807) is 12.1 Å². The van der Waals surface area contributed by atoms with Crippen LogP contribution in [-0.2, 0) is 9.31 Å². The molecule has 28 heavy (non-hydrogen) atoms. The van der Waals surface area contributed by atoms with Gasteiger partial charge in [-0.1, -0.05) is 11.6 Å². The second-order valence-electron chi connectivity index (χ2n) is 8.46. The highest BCUT2D eigenvalue weighted by molar-refractivity contribution is 6.65. The number of carbonyl (C=O) groups is 1. The molecule has 154 valence electrons. The highest BCUT2D eigenvalue weighted by atomic mass is 35.5. The van der Waals surface area contributed by atoms with Gasteiger partial charge in [-0.25, -0.2) is 0 Å². The molecule has 2 aliphatic heterocycles. The number of carbonyl (C=O) groups excluding carboxylic acids is 1. The first-order valence-corrected chi connectivity index (χ1v) is 9.71. The molecule has 9 heteroatoms. The van der Waals surface area contributed by atoms with Gasteiger partial charge in [-0.2, -0.15) is 13.2 Å². The standard InChI is InChI=1S/C19H24BClF3NO3/c1-17(2)18(3,4)28-20(27-17)14-10-12(7-8-15(14)21)16(26)25-9-5-6-13(11-25)19(22,23)24/h7-8,10,13H,5-6,9,11H2,1-4H3. The number of piperidine rings is 1. The minimum Gasteiger partial charge on any atom is -0.399 e. The predicted molar refractivity (Wildman–Crippen MR) is 102 cm³/mol. The molecule has 1 atom stereocenters. The minimum atomic E-state index is -4.30. The quantitative estimate of drug-likeness (QED) is 0.681. The summed E-state index contributed by atoms with van der Waals surface area (Å²) in [5.41, 5.74) is -0.380. The molecule has 2 aliphatic rings. The normalized spacial score (nSPS) is 24.5. The second kappa shape index (κ2) is 7.22. The third-order valence-corrected chi connectivity index (χ3v) is 6.27. The topological polar surface area (TPSA) is 38.8 Å². The largest absolute Gasteiger partial charge is 0.496 e. The molecule has 0 saturated carbocycles. The Morgan fingerprint density at radius 1 is 1.21 bits per heavy atom. The molecule has 0 radical (unpaired) electrons. The average molecular weight is 418 g/mol. The molecule has 0 aromatic heterocycles. The zero-order chi connectivity index (χ0) is 20.9. The van der Waals surface area contributed by atoms with E-state index in [-0.39, 0.29) is 18.5 Å². The number of amides is 1. The summed E-state index contributed by atoms with van der Waals surface area (Å²) >= 11 is 6.30. The van der Waals surface area contributed by atoms with Gasteiger partial charge in [-0.3, -0.25) is 4.79 Å². The third kappa shape index (κ3) is 4.05. The first-order chi connectivity index (χ1) is 12.8. The Balaban J connectivity index is 1.83. The summed E-state index contributed by atoms with van der Waals surface area (Å²) in [5.74, 6) is -1.93. The lowest BCUT2D eigenvalue weighted by Crippen LogP contribution is -2.45. The number of likely N-dealkylation sites (tertiary alicyclic amines) is 1. The molecular formula is C19H24BClF3NO3. The number of nitrogens with zero attached hydrogens (tertiary/aromatic N) is 1. The number of hydrogen-bond donors (Lipinski definition) is 0. The maximum atomic E-state index is 13.1. The van der Waals surface area contributed by atoms with Crippen molar-refractivity contribution in [1.29, 1.82) is 0 Å². The fourth-order valence-electron chi connectivity index (χ4n) is 3.44. The van der Waals surface area contributed by atoms with Gasteiger partial charge >= 0.3 is 13.3 Å². The molecule has 2 heterocycles. The fourth-order valence-corrected chi connectivity index (χ4v) is 3.65. The van der Waals surface area contributed by atoms with Crippen LogP contribution in [0, 0.1) is 5.92 Å². The maximum absolute atomic E-state index is 13.1. The van der Waals surface area contributed by atoms with Gasteiger partial charge in [0.05, 0.1) is 17.1 Å². The van der Waals surface area contributed by atoms with Gasteiger partial charge in [0, 0.05) is 29.1 Å². The van der Waals surface area contributed by atoms with E-state index >= 15 is 0 Å². The summed E-state index contributed by atoms with van der Waals surface area (Å²) in [5, 5.41) is 0.377. The zero-order valence-electron chi connectivity index (χ0n) is 16.4. The number of halogens is 4. The molecule has 1 aromatic rings. The smallest absolute Gasteiger partial charge is 0.399 e. The van der Waals surface area contributed by atoms with Crippen LogP contribution in [0.4, 0.5) is 13.2 Å². The van der Waals surface area contributed by atoms with Crippen molar-refractivity contribution in [3.8, 4) is 0 Å². The SMILES string of the molecule is CC1(C)OB(c2cc(C(=O)N3CCCC(C(F)(F)F)C3)ccc2Cl)OC1(C)C. The fraction of sp³-hybridized carbons (Fsp3) is 0.632. The van der Waals surface area contributed by atoms with E-state index in [1.807, 2.05) is 27.7 Å². The van der Waals surface area contributed by atoms with Gasteiger partial charge in [0.2, 0.25) is 0 Å². The van der Waals surface area contributed by atoms with Crippen molar-refractivity contribution in [2.24, 2.45) is 5.92 Å². The summed E-state index contributed by atoms with van der Waals surface area (Å²) in [6.07, 6.45) is -3.92. The Hall–Kier alpha value is -1.25. The molecule has 2 fully saturated rings. The van der Waals surface area contributed by atoms with Gasteiger partial charge in [0.1, 0.15) is 0 Å². The van der Waals surface area contributed by atoms with Crippen molar-refractivity contribution in [2.75, 3.05) is 13.1 Å². The molecule has 0 spiro atoms. The van der Waals surface area contributed by atoms with Crippen LogP contribution >= 0.6 is 11.6 Å². The van der Waals surface area contributed by atoms with Crippen molar-refractivity contribution in [3.05, 3.63) is 28.8 Å². The van der Waals surface area contributed by atoms with Crippen LogP contribution in [0.5, 0.6) is 0 Å². The molecule has 0 bridgehead atoms. The summed E-state index contributed by atoms with van der Waals surface area (Å²) in [6.45, 7) is 7.60. The summed E-state index contributed by atoms with van der Waals surface area (Å²) < 4.78 is 51.2. The highest BCUT2D eigenvalue weighted by Gasteiger charge is 2.52.